The Labute approximate surface area is 108 Å². The Hall–Kier alpha value is -1.96. The van der Waals surface area contributed by atoms with Crippen LogP contribution in [0.15, 0.2) is 34.9 Å². The number of aryl methyl sites for hydroxylation is 2. The lowest BCUT2D eigenvalue weighted by molar-refractivity contribution is 0.555. The Morgan fingerprint density at radius 2 is 2.11 bits per heavy atom. The quantitative estimate of drug-likeness (QED) is 0.860. The normalized spacial score (nSPS) is 11.1. The van der Waals surface area contributed by atoms with Gasteiger partial charge in [-0.1, -0.05) is 19.1 Å². The average molecular weight is 241 g/mol. The number of benzene rings is 1. The van der Waals surface area contributed by atoms with Gasteiger partial charge in [0.15, 0.2) is 0 Å². The molecule has 0 atom stereocenters. The van der Waals surface area contributed by atoms with Gasteiger partial charge in [-0.3, -0.25) is 0 Å². The Balaban J connectivity index is 2.35. The topological polar surface area (TPSA) is 25.2 Å². The molecule has 0 aliphatic heterocycles. The molecule has 0 saturated heterocycles. The van der Waals surface area contributed by atoms with E-state index in [1.54, 1.807) is 6.26 Å². The van der Waals surface area contributed by atoms with Crippen molar-refractivity contribution in [3.05, 3.63) is 53.0 Å². The van der Waals surface area contributed by atoms with Crippen LogP contribution in [0.2, 0.25) is 0 Å². The van der Waals surface area contributed by atoms with Gasteiger partial charge in [0.05, 0.1) is 6.26 Å². The molecule has 1 N–H and O–H groups in total. The van der Waals surface area contributed by atoms with Gasteiger partial charge in [0.25, 0.3) is 0 Å². The monoisotopic (exact) mass is 241 g/mol. The molecule has 1 heterocycles. The van der Waals surface area contributed by atoms with E-state index in [9.17, 15) is 0 Å². The van der Waals surface area contributed by atoms with Gasteiger partial charge in [0.2, 0.25) is 0 Å². The van der Waals surface area contributed by atoms with Crippen molar-refractivity contribution in [2.75, 3.05) is 12.4 Å². The number of hydrogen-bond donors (Lipinski definition) is 1. The first-order valence-electron chi connectivity index (χ1n) is 6.27. The lowest BCUT2D eigenvalue weighted by atomic mass is 10.0. The maximum Gasteiger partial charge on any atom is 0.126 e. The molecule has 18 heavy (non-hydrogen) atoms. The summed E-state index contributed by atoms with van der Waals surface area (Å²) in [7, 11) is 1.95. The molecule has 0 unspecified atom stereocenters. The van der Waals surface area contributed by atoms with E-state index in [4.69, 9.17) is 4.42 Å². The van der Waals surface area contributed by atoms with Crippen LogP contribution in [0.25, 0.3) is 12.2 Å². The molecule has 0 saturated carbocycles. The molecule has 2 rings (SSSR count). The van der Waals surface area contributed by atoms with Crippen molar-refractivity contribution in [1.82, 2.24) is 0 Å². The smallest absolute Gasteiger partial charge is 0.126 e. The van der Waals surface area contributed by atoms with Gasteiger partial charge in [0, 0.05) is 18.3 Å². The van der Waals surface area contributed by atoms with Crippen molar-refractivity contribution in [2.45, 2.75) is 20.3 Å². The molecule has 0 aliphatic carbocycles. The second-order valence-corrected chi connectivity index (χ2v) is 4.34. The van der Waals surface area contributed by atoms with Crippen LogP contribution in [-0.2, 0) is 6.42 Å². The first-order valence-corrected chi connectivity index (χ1v) is 6.27. The Kier molecular flexibility index (Phi) is 3.88. The summed E-state index contributed by atoms with van der Waals surface area (Å²) in [6, 6.07) is 8.36. The fourth-order valence-corrected chi connectivity index (χ4v) is 2.04. The second kappa shape index (κ2) is 5.58. The van der Waals surface area contributed by atoms with Crippen LogP contribution in [0.5, 0.6) is 0 Å². The lowest BCUT2D eigenvalue weighted by Gasteiger charge is -2.09. The van der Waals surface area contributed by atoms with Crippen LogP contribution in [-0.4, -0.2) is 7.05 Å². The molecule has 1 aromatic heterocycles. The minimum absolute atomic E-state index is 0.889. The SMILES string of the molecule is CCc1cccc(NC)c1/C=C/c1cc(C)co1. The summed E-state index contributed by atoms with van der Waals surface area (Å²) in [6.07, 6.45) is 6.92. The van der Waals surface area contributed by atoms with Gasteiger partial charge in [-0.15, -0.1) is 0 Å². The standard InChI is InChI=1S/C16H19NO/c1-4-13-6-5-7-16(17-3)15(13)9-8-14-10-12(2)11-18-14/h5-11,17H,4H2,1-3H3/b9-8+. The average Bonchev–Trinajstić information content (AvgIpc) is 2.81. The Bertz CT molecular complexity index is 530. The third-order valence-electron chi connectivity index (χ3n) is 3.01. The molecule has 94 valence electrons. The van der Waals surface area contributed by atoms with Crippen LogP contribution in [0.1, 0.15) is 29.4 Å². The Morgan fingerprint density at radius 1 is 1.28 bits per heavy atom. The first-order chi connectivity index (χ1) is 8.74. The fourth-order valence-electron chi connectivity index (χ4n) is 2.04. The zero-order chi connectivity index (χ0) is 13.0. The van der Waals surface area contributed by atoms with Crippen LogP contribution in [0.3, 0.4) is 0 Å². The minimum Gasteiger partial charge on any atom is -0.465 e. The largest absolute Gasteiger partial charge is 0.465 e. The summed E-state index contributed by atoms with van der Waals surface area (Å²) >= 11 is 0. The number of furan rings is 1. The van der Waals surface area contributed by atoms with Crippen LogP contribution >= 0.6 is 0 Å². The minimum atomic E-state index is 0.889. The first kappa shape index (κ1) is 12.5. The zero-order valence-electron chi connectivity index (χ0n) is 11.2. The van der Waals surface area contributed by atoms with Crippen LogP contribution < -0.4 is 5.32 Å². The van der Waals surface area contributed by atoms with Crippen molar-refractivity contribution < 1.29 is 4.42 Å². The highest BCUT2D eigenvalue weighted by Gasteiger charge is 2.03. The van der Waals surface area contributed by atoms with E-state index in [1.165, 1.54) is 11.1 Å². The lowest BCUT2D eigenvalue weighted by Crippen LogP contribution is -1.95. The van der Waals surface area contributed by atoms with E-state index in [-0.39, 0.29) is 0 Å². The molecule has 0 amide bonds. The summed E-state index contributed by atoms with van der Waals surface area (Å²) in [5.74, 6) is 0.889. The van der Waals surface area contributed by atoms with E-state index in [1.807, 2.05) is 26.1 Å². The maximum atomic E-state index is 5.43. The summed E-state index contributed by atoms with van der Waals surface area (Å²) in [5, 5.41) is 3.23. The molecule has 0 bridgehead atoms. The van der Waals surface area contributed by atoms with Crippen LogP contribution in [0.4, 0.5) is 5.69 Å². The second-order valence-electron chi connectivity index (χ2n) is 4.34. The summed E-state index contributed by atoms with van der Waals surface area (Å²) < 4.78 is 5.43. The van der Waals surface area contributed by atoms with Gasteiger partial charge in [-0.2, -0.15) is 0 Å². The highest BCUT2D eigenvalue weighted by molar-refractivity contribution is 5.77. The number of anilines is 1. The highest BCUT2D eigenvalue weighted by atomic mass is 16.3. The molecule has 0 spiro atoms. The summed E-state index contributed by atoms with van der Waals surface area (Å²) in [4.78, 5) is 0. The number of rotatable bonds is 4. The van der Waals surface area contributed by atoms with Gasteiger partial charge in [-0.25, -0.2) is 0 Å². The predicted molar refractivity (Wildman–Crippen MR) is 77.7 cm³/mol. The molecule has 2 heteroatoms. The number of nitrogens with one attached hydrogen (secondary N) is 1. The molecule has 2 nitrogen and oxygen atoms in total. The van der Waals surface area contributed by atoms with Crippen molar-refractivity contribution in [1.29, 1.82) is 0 Å². The molecule has 0 aliphatic rings. The molecule has 1 aromatic carbocycles. The highest BCUT2D eigenvalue weighted by Crippen LogP contribution is 2.23. The molecule has 0 radical (unpaired) electrons. The van der Waals surface area contributed by atoms with Gasteiger partial charge in [0.1, 0.15) is 5.76 Å². The van der Waals surface area contributed by atoms with Crippen molar-refractivity contribution >= 4 is 17.8 Å². The van der Waals surface area contributed by atoms with E-state index in [2.05, 4.69) is 36.5 Å². The van der Waals surface area contributed by atoms with Crippen molar-refractivity contribution in [3.63, 3.8) is 0 Å². The Morgan fingerprint density at radius 3 is 2.72 bits per heavy atom. The molecular formula is C16H19NO. The predicted octanol–water partition coefficient (Wildman–Crippen LogP) is 4.36. The molecule has 0 fully saturated rings. The van der Waals surface area contributed by atoms with Gasteiger partial charge in [-0.05, 0) is 48.8 Å². The molecule has 2 aromatic rings. The van der Waals surface area contributed by atoms with E-state index in [0.29, 0.717) is 0 Å². The zero-order valence-corrected chi connectivity index (χ0v) is 11.2. The van der Waals surface area contributed by atoms with Crippen molar-refractivity contribution in [2.24, 2.45) is 0 Å². The van der Waals surface area contributed by atoms with E-state index < -0.39 is 0 Å². The van der Waals surface area contributed by atoms with E-state index >= 15 is 0 Å². The van der Waals surface area contributed by atoms with Crippen molar-refractivity contribution in [3.8, 4) is 0 Å². The van der Waals surface area contributed by atoms with E-state index in [0.717, 1.165) is 23.4 Å². The van der Waals surface area contributed by atoms with Gasteiger partial charge >= 0.3 is 0 Å². The summed E-state index contributed by atoms with van der Waals surface area (Å²) in [5.41, 5.74) is 4.86. The third kappa shape index (κ3) is 2.65. The third-order valence-corrected chi connectivity index (χ3v) is 3.01. The number of hydrogen-bond acceptors (Lipinski definition) is 2. The van der Waals surface area contributed by atoms with Crippen LogP contribution in [0, 0.1) is 6.92 Å². The fraction of sp³-hybridized carbons (Fsp3) is 0.250. The summed E-state index contributed by atoms with van der Waals surface area (Å²) in [6.45, 7) is 4.20. The molecular weight excluding hydrogens is 222 g/mol. The van der Waals surface area contributed by atoms with Gasteiger partial charge < -0.3 is 9.73 Å². The maximum absolute atomic E-state index is 5.43.